The Balaban J connectivity index is 1.83. The molecule has 0 saturated heterocycles. The Morgan fingerprint density at radius 3 is 2.31 bits per heavy atom. The number of aromatic amines is 1. The molecule has 0 aliphatic carbocycles. The van der Waals surface area contributed by atoms with Gasteiger partial charge in [-0.25, -0.2) is 4.98 Å². The van der Waals surface area contributed by atoms with Crippen LogP contribution in [0.2, 0.25) is 0 Å². The molecule has 0 fully saturated rings. The summed E-state index contributed by atoms with van der Waals surface area (Å²) in [7, 11) is 0. The van der Waals surface area contributed by atoms with E-state index < -0.39 is 23.7 Å². The molecule has 0 bridgehead atoms. The molecule has 3 aromatic rings. The van der Waals surface area contributed by atoms with Gasteiger partial charge < -0.3 is 5.32 Å². The third-order valence-corrected chi connectivity index (χ3v) is 3.07. The third-order valence-electron chi connectivity index (χ3n) is 3.07. The Kier molecular flexibility index (Phi) is 4.26. The molecule has 0 amide bonds. The van der Waals surface area contributed by atoms with E-state index in [-0.39, 0.29) is 23.2 Å². The summed E-state index contributed by atoms with van der Waals surface area (Å²) in [6, 6.07) is 5.24. The number of H-pyrrole nitrogens is 1. The lowest BCUT2D eigenvalue weighted by Gasteiger charge is -2.07. The van der Waals surface area contributed by atoms with Crippen molar-refractivity contribution in [2.24, 2.45) is 0 Å². The highest BCUT2D eigenvalue weighted by Gasteiger charge is 2.33. The molecule has 0 aliphatic rings. The molecule has 3 heterocycles. The summed E-state index contributed by atoms with van der Waals surface area (Å²) in [6.07, 6.45) is -8.29. The first kappa shape index (κ1) is 17.6. The van der Waals surface area contributed by atoms with Crippen molar-refractivity contribution in [3.8, 4) is 11.5 Å². The number of anilines is 2. The van der Waals surface area contributed by atoms with E-state index in [4.69, 9.17) is 0 Å². The largest absolute Gasteiger partial charge is 0.433 e. The smallest absolute Gasteiger partial charge is 0.323 e. The number of nitrogens with one attached hydrogen (secondary N) is 2. The molecule has 0 atom stereocenters. The number of alkyl halides is 6. The van der Waals surface area contributed by atoms with E-state index in [2.05, 4.69) is 30.5 Å². The van der Waals surface area contributed by atoms with Gasteiger partial charge in [-0.05, 0) is 24.3 Å². The van der Waals surface area contributed by atoms with Crippen LogP contribution in [0.25, 0.3) is 11.5 Å². The van der Waals surface area contributed by atoms with Gasteiger partial charge in [0.25, 0.3) is 0 Å². The molecule has 3 rings (SSSR count). The van der Waals surface area contributed by atoms with Crippen LogP contribution < -0.4 is 5.32 Å². The fourth-order valence-corrected chi connectivity index (χ4v) is 1.95. The van der Waals surface area contributed by atoms with Gasteiger partial charge in [-0.3, -0.25) is 10.1 Å². The lowest BCUT2D eigenvalue weighted by molar-refractivity contribution is -0.141. The number of halogens is 6. The number of aromatic nitrogens is 5. The second-order valence-electron chi connectivity index (χ2n) is 4.97. The Bertz CT molecular complexity index is 917. The maximum atomic E-state index is 12.7. The van der Waals surface area contributed by atoms with Crippen molar-refractivity contribution in [1.29, 1.82) is 0 Å². The molecule has 6 nitrogen and oxygen atoms in total. The summed E-state index contributed by atoms with van der Waals surface area (Å²) in [4.78, 5) is 10.5. The molecule has 12 heteroatoms. The number of hydrogen-bond acceptors (Lipinski definition) is 5. The predicted octanol–water partition coefficient (Wildman–Crippen LogP) is 4.04. The highest BCUT2D eigenvalue weighted by molar-refractivity contribution is 5.57. The first-order chi connectivity index (χ1) is 12.1. The molecule has 0 aromatic carbocycles. The Morgan fingerprint density at radius 1 is 0.885 bits per heavy atom. The Hall–Kier alpha value is -3.18. The first-order valence-electron chi connectivity index (χ1n) is 6.90. The van der Waals surface area contributed by atoms with Crippen molar-refractivity contribution in [2.75, 3.05) is 5.32 Å². The molecule has 0 unspecified atom stereocenters. The van der Waals surface area contributed by atoms with Crippen LogP contribution in [-0.4, -0.2) is 25.1 Å². The minimum absolute atomic E-state index is 0.00914. The summed E-state index contributed by atoms with van der Waals surface area (Å²) in [5, 5.41) is 8.58. The van der Waals surface area contributed by atoms with E-state index in [1.165, 1.54) is 12.1 Å². The molecule has 0 saturated carbocycles. The average molecular weight is 374 g/mol. The fourth-order valence-electron chi connectivity index (χ4n) is 1.95. The third kappa shape index (κ3) is 3.90. The zero-order valence-electron chi connectivity index (χ0n) is 12.5. The van der Waals surface area contributed by atoms with E-state index in [0.717, 1.165) is 24.4 Å². The van der Waals surface area contributed by atoms with Gasteiger partial charge in [-0.2, -0.15) is 31.3 Å². The Morgan fingerprint density at radius 2 is 1.62 bits per heavy atom. The second-order valence-corrected chi connectivity index (χ2v) is 4.97. The maximum absolute atomic E-state index is 12.7. The predicted molar refractivity (Wildman–Crippen MR) is 77.1 cm³/mol. The molecule has 0 spiro atoms. The van der Waals surface area contributed by atoms with Crippen LogP contribution in [-0.2, 0) is 12.4 Å². The molecule has 0 radical (unpaired) electrons. The van der Waals surface area contributed by atoms with Crippen LogP contribution in [0.4, 0.5) is 38.0 Å². The average Bonchev–Trinajstić information content (AvgIpc) is 3.02. The van der Waals surface area contributed by atoms with Crippen molar-refractivity contribution >= 4 is 11.6 Å². The number of rotatable bonds is 3. The zero-order valence-corrected chi connectivity index (χ0v) is 12.5. The topological polar surface area (TPSA) is 79.4 Å². The van der Waals surface area contributed by atoms with Crippen molar-refractivity contribution in [2.45, 2.75) is 12.4 Å². The maximum Gasteiger partial charge on any atom is 0.433 e. The van der Waals surface area contributed by atoms with Crippen LogP contribution in [0.3, 0.4) is 0 Å². The van der Waals surface area contributed by atoms with Crippen LogP contribution in [0.1, 0.15) is 11.4 Å². The van der Waals surface area contributed by atoms with E-state index in [1.54, 1.807) is 0 Å². The van der Waals surface area contributed by atoms with Crippen molar-refractivity contribution in [3.05, 3.63) is 47.9 Å². The van der Waals surface area contributed by atoms with Crippen LogP contribution in [0.15, 0.2) is 36.5 Å². The highest BCUT2D eigenvalue weighted by Crippen LogP contribution is 2.30. The number of hydrogen-bond donors (Lipinski definition) is 2. The summed E-state index contributed by atoms with van der Waals surface area (Å²) in [5.41, 5.74) is -2.33. The van der Waals surface area contributed by atoms with E-state index in [1.807, 2.05) is 0 Å². The SMILES string of the molecule is FC(F)(F)c1cc(Nc2n[nH]c(-c3cccc(C(F)(F)F)n3)n2)ccn1. The summed E-state index contributed by atoms with van der Waals surface area (Å²) >= 11 is 0. The molecule has 2 N–H and O–H groups in total. The van der Waals surface area contributed by atoms with Gasteiger partial charge in [0.15, 0.2) is 5.82 Å². The van der Waals surface area contributed by atoms with Gasteiger partial charge in [0, 0.05) is 11.9 Å². The second kappa shape index (κ2) is 6.28. The van der Waals surface area contributed by atoms with Crippen molar-refractivity contribution < 1.29 is 26.3 Å². The lowest BCUT2D eigenvalue weighted by Crippen LogP contribution is -2.08. The molecular formula is C14H8F6N6. The van der Waals surface area contributed by atoms with E-state index >= 15 is 0 Å². The quantitative estimate of drug-likeness (QED) is 0.677. The van der Waals surface area contributed by atoms with E-state index in [9.17, 15) is 26.3 Å². The molecule has 26 heavy (non-hydrogen) atoms. The minimum atomic E-state index is -4.62. The van der Waals surface area contributed by atoms with Gasteiger partial charge in [0.2, 0.25) is 5.95 Å². The summed E-state index contributed by atoms with van der Waals surface area (Å²) < 4.78 is 76.0. The standard InChI is InChI=1S/C14H8F6N6/c15-13(16,17)9-3-1-2-8(23-9)11-24-12(26-25-11)22-7-4-5-21-10(6-7)14(18,19)20/h1-6H,(H2,21,22,24,25,26). The van der Waals surface area contributed by atoms with E-state index in [0.29, 0.717) is 0 Å². The Labute approximate surface area is 141 Å². The zero-order chi connectivity index (χ0) is 18.9. The highest BCUT2D eigenvalue weighted by atomic mass is 19.4. The van der Waals surface area contributed by atoms with Crippen LogP contribution in [0.5, 0.6) is 0 Å². The first-order valence-corrected chi connectivity index (χ1v) is 6.90. The van der Waals surface area contributed by atoms with Crippen LogP contribution >= 0.6 is 0 Å². The van der Waals surface area contributed by atoms with Crippen LogP contribution in [0, 0.1) is 0 Å². The van der Waals surface area contributed by atoms with Gasteiger partial charge in [-0.1, -0.05) is 6.07 Å². The fraction of sp³-hybridized carbons (Fsp3) is 0.143. The number of pyridine rings is 2. The summed E-state index contributed by atoms with van der Waals surface area (Å²) in [5.74, 6) is -0.220. The van der Waals surface area contributed by atoms with Gasteiger partial charge in [0.05, 0.1) is 0 Å². The van der Waals surface area contributed by atoms with Crippen molar-refractivity contribution in [3.63, 3.8) is 0 Å². The molecule has 3 aromatic heterocycles. The van der Waals surface area contributed by atoms with Gasteiger partial charge in [-0.15, -0.1) is 5.10 Å². The molecular weight excluding hydrogens is 366 g/mol. The van der Waals surface area contributed by atoms with Crippen molar-refractivity contribution in [1.82, 2.24) is 25.1 Å². The monoisotopic (exact) mass is 374 g/mol. The van der Waals surface area contributed by atoms with Gasteiger partial charge in [0.1, 0.15) is 17.1 Å². The lowest BCUT2D eigenvalue weighted by atomic mass is 10.3. The number of nitrogens with zero attached hydrogens (tertiary/aromatic N) is 4. The summed E-state index contributed by atoms with van der Waals surface area (Å²) in [6.45, 7) is 0. The minimum Gasteiger partial charge on any atom is -0.323 e. The molecule has 136 valence electrons. The van der Waals surface area contributed by atoms with Gasteiger partial charge >= 0.3 is 12.4 Å². The normalized spacial score (nSPS) is 12.2. The molecule has 0 aliphatic heterocycles.